The largest absolute Gasteiger partial charge is 0.496 e. The van der Waals surface area contributed by atoms with Crippen molar-refractivity contribution in [1.82, 2.24) is 0 Å². The van der Waals surface area contributed by atoms with Crippen LogP contribution in [0, 0.1) is 0 Å². The summed E-state index contributed by atoms with van der Waals surface area (Å²) in [6.07, 6.45) is 16.8. The van der Waals surface area contributed by atoms with Gasteiger partial charge < -0.3 is 18.9 Å². The first-order chi connectivity index (χ1) is 23.5. The molecule has 4 aromatic heterocycles. The van der Waals surface area contributed by atoms with Gasteiger partial charge in [0.2, 0.25) is 0 Å². The van der Waals surface area contributed by atoms with E-state index < -0.39 is 0 Å². The van der Waals surface area contributed by atoms with Gasteiger partial charge in [0, 0.05) is 48.5 Å². The van der Waals surface area contributed by atoms with Gasteiger partial charge in [0.25, 0.3) is 0 Å². The predicted octanol–water partition coefficient (Wildman–Crippen LogP) is 4.71. The highest BCUT2D eigenvalue weighted by molar-refractivity contribution is 5.62. The molecule has 8 heteroatoms. The smallest absolute Gasteiger partial charge is 0.177 e. The summed E-state index contributed by atoms with van der Waals surface area (Å²) in [5.74, 6) is 3.34. The molecule has 8 nitrogen and oxygen atoms in total. The van der Waals surface area contributed by atoms with Gasteiger partial charge in [-0.05, 0) is 46.5 Å². The van der Waals surface area contributed by atoms with Gasteiger partial charge in [0.15, 0.2) is 75.8 Å². The van der Waals surface area contributed by atoms with Crippen molar-refractivity contribution in [3.63, 3.8) is 0 Å². The number of aromatic nitrogens is 4. The van der Waals surface area contributed by atoms with Crippen molar-refractivity contribution in [3.8, 4) is 45.3 Å². The predicted molar refractivity (Wildman–Crippen MR) is 180 cm³/mol. The third-order valence-electron chi connectivity index (χ3n) is 9.01. The van der Waals surface area contributed by atoms with Crippen molar-refractivity contribution < 1.29 is 37.2 Å². The SMILES string of the molecule is COc1cc2c(OC)cc1C[n+]1ccc(cc1)-c1cc[n+](cc1)Cc1cc(OC)c(cc1OC)C[n+]1ccc(cc1)-c1cc[n+](cc1)C2. The highest BCUT2D eigenvalue weighted by Crippen LogP contribution is 2.31. The number of hydrogen-bond donors (Lipinski definition) is 0. The van der Waals surface area contributed by atoms with Crippen LogP contribution in [-0.2, 0) is 26.2 Å². The normalized spacial score (nSPS) is 12.2. The maximum atomic E-state index is 5.86. The number of ether oxygens (including phenoxy) is 4. The first-order valence-corrected chi connectivity index (χ1v) is 16.0. The van der Waals surface area contributed by atoms with E-state index >= 15 is 0 Å². The Kier molecular flexibility index (Phi) is 8.71. The Morgan fingerprint density at radius 2 is 0.521 bits per heavy atom. The van der Waals surface area contributed by atoms with Gasteiger partial charge in [0.05, 0.1) is 50.7 Å². The standard InChI is InChI=1S/C40H40N4O4/c1-45-37-21-34-26-42-15-7-30(8-16-42)32-11-19-44(20-12-32)28-36-24-39(47-3)35(23-40(36)48-4)27-43-17-9-31(10-18-43)29-5-13-41(14-6-29)25-33(37)22-38(34)46-2/h5-24H,25-28H2,1-4H3/q+4. The summed E-state index contributed by atoms with van der Waals surface area (Å²) >= 11 is 0. The summed E-state index contributed by atoms with van der Waals surface area (Å²) < 4.78 is 32.1. The maximum Gasteiger partial charge on any atom is 0.177 e. The minimum Gasteiger partial charge on any atom is -0.496 e. The van der Waals surface area contributed by atoms with Gasteiger partial charge in [-0.1, -0.05) is 0 Å². The minimum atomic E-state index is 0.651. The lowest BCUT2D eigenvalue weighted by atomic mass is 10.1. The molecule has 48 heavy (non-hydrogen) atoms. The van der Waals surface area contributed by atoms with Gasteiger partial charge in [-0.15, -0.1) is 0 Å². The van der Waals surface area contributed by atoms with Gasteiger partial charge in [-0.2, -0.15) is 0 Å². The molecule has 0 spiro atoms. The first kappa shape index (κ1) is 30.9. The molecule has 0 amide bonds. The van der Waals surface area contributed by atoms with E-state index in [0.29, 0.717) is 26.2 Å². The van der Waals surface area contributed by atoms with Crippen molar-refractivity contribution in [2.45, 2.75) is 26.2 Å². The summed E-state index contributed by atoms with van der Waals surface area (Å²) in [4.78, 5) is 0. The zero-order chi connectivity index (χ0) is 33.0. The van der Waals surface area contributed by atoms with E-state index in [2.05, 4.69) is 141 Å². The average Bonchev–Trinajstić information content (AvgIpc) is 3.13. The van der Waals surface area contributed by atoms with Crippen LogP contribution in [0.3, 0.4) is 0 Å². The number of pyridine rings is 4. The minimum absolute atomic E-state index is 0.651. The Bertz CT molecular complexity index is 1740. The van der Waals surface area contributed by atoms with Crippen LogP contribution in [0.5, 0.6) is 23.0 Å². The van der Waals surface area contributed by atoms with E-state index in [-0.39, 0.29) is 0 Å². The van der Waals surface area contributed by atoms with Crippen LogP contribution in [0.4, 0.5) is 0 Å². The van der Waals surface area contributed by atoms with Crippen LogP contribution in [0.2, 0.25) is 0 Å². The van der Waals surface area contributed by atoms with E-state index in [4.69, 9.17) is 18.9 Å². The maximum absolute atomic E-state index is 5.86. The molecule has 0 saturated carbocycles. The molecule has 6 aromatic rings. The highest BCUT2D eigenvalue weighted by Gasteiger charge is 2.20. The first-order valence-electron chi connectivity index (χ1n) is 16.0. The summed E-state index contributed by atoms with van der Waals surface area (Å²) in [7, 11) is 6.89. The lowest BCUT2D eigenvalue weighted by Crippen LogP contribution is -2.35. The lowest BCUT2D eigenvalue weighted by molar-refractivity contribution is -0.689. The van der Waals surface area contributed by atoms with E-state index in [0.717, 1.165) is 67.5 Å². The Labute approximate surface area is 281 Å². The molecule has 0 unspecified atom stereocenters. The van der Waals surface area contributed by atoms with Crippen LogP contribution in [0.25, 0.3) is 22.3 Å². The molecule has 0 atom stereocenters. The van der Waals surface area contributed by atoms with Crippen molar-refractivity contribution in [1.29, 1.82) is 0 Å². The molecule has 22 rings (SSSR count). The number of methoxy groups -OCH3 is 4. The molecule has 0 aliphatic carbocycles. The van der Waals surface area contributed by atoms with Gasteiger partial charge >= 0.3 is 0 Å². The van der Waals surface area contributed by atoms with E-state index in [1.165, 1.54) is 0 Å². The summed E-state index contributed by atoms with van der Waals surface area (Å²) in [6.45, 7) is 2.60. The third-order valence-corrected chi connectivity index (χ3v) is 9.01. The fraction of sp³-hybridized carbons (Fsp3) is 0.200. The van der Waals surface area contributed by atoms with Crippen molar-refractivity contribution in [2.24, 2.45) is 0 Å². The topological polar surface area (TPSA) is 52.4 Å². The number of rotatable bonds is 4. The second-order valence-corrected chi connectivity index (χ2v) is 12.0. The molecule has 0 fully saturated rings. The Balaban J connectivity index is 1.28. The molecule has 0 N–H and O–H groups in total. The van der Waals surface area contributed by atoms with Crippen LogP contribution in [0.15, 0.2) is 122 Å². The Hall–Kier alpha value is -5.76. The third kappa shape index (κ3) is 6.42. The van der Waals surface area contributed by atoms with Crippen LogP contribution in [0.1, 0.15) is 22.3 Å². The number of nitrogens with zero attached hydrogens (tertiary/aromatic N) is 4. The average molecular weight is 641 g/mol. The summed E-state index contributed by atoms with van der Waals surface area (Å²) in [6, 6.07) is 25.5. The molecule has 240 valence electrons. The summed E-state index contributed by atoms with van der Waals surface area (Å²) in [5, 5.41) is 0. The molecule has 16 aliphatic rings. The molecular weight excluding hydrogens is 600 g/mol. The van der Waals surface area contributed by atoms with Crippen LogP contribution >= 0.6 is 0 Å². The molecule has 12 bridgehead atoms. The second kappa shape index (κ2) is 13.5. The Morgan fingerprint density at radius 3 is 0.688 bits per heavy atom. The molecule has 0 radical (unpaired) electrons. The fourth-order valence-electron chi connectivity index (χ4n) is 6.35. The lowest BCUT2D eigenvalue weighted by Gasteiger charge is -2.13. The van der Waals surface area contributed by atoms with Crippen molar-refractivity contribution >= 4 is 0 Å². The Morgan fingerprint density at radius 1 is 0.333 bits per heavy atom. The van der Waals surface area contributed by atoms with E-state index in [9.17, 15) is 0 Å². The monoisotopic (exact) mass is 640 g/mol. The second-order valence-electron chi connectivity index (χ2n) is 12.0. The van der Waals surface area contributed by atoms with Crippen LogP contribution < -0.4 is 37.2 Å². The quantitative estimate of drug-likeness (QED) is 0.262. The highest BCUT2D eigenvalue weighted by atomic mass is 16.5. The number of hydrogen-bond acceptors (Lipinski definition) is 4. The van der Waals surface area contributed by atoms with Crippen LogP contribution in [-0.4, -0.2) is 28.4 Å². The molecule has 20 heterocycles. The van der Waals surface area contributed by atoms with E-state index in [1.54, 1.807) is 28.4 Å². The molecule has 16 aliphatic heterocycles. The van der Waals surface area contributed by atoms with Gasteiger partial charge in [-0.3, -0.25) is 0 Å². The van der Waals surface area contributed by atoms with E-state index in [1.807, 2.05) is 0 Å². The molecular formula is C40H40N4O4+4. The zero-order valence-corrected chi connectivity index (χ0v) is 27.8. The fourth-order valence-corrected chi connectivity index (χ4v) is 6.35. The molecule has 2 aromatic carbocycles. The van der Waals surface area contributed by atoms with Gasteiger partial charge in [0.1, 0.15) is 23.0 Å². The van der Waals surface area contributed by atoms with Crippen molar-refractivity contribution in [2.75, 3.05) is 28.4 Å². The van der Waals surface area contributed by atoms with Gasteiger partial charge in [-0.25, -0.2) is 18.3 Å². The zero-order valence-electron chi connectivity index (χ0n) is 27.8. The number of benzene rings is 2. The van der Waals surface area contributed by atoms with Crippen molar-refractivity contribution in [3.05, 3.63) is 145 Å². The molecule has 0 saturated heterocycles. The summed E-state index contributed by atoms with van der Waals surface area (Å²) in [5.41, 5.74) is 8.76.